The van der Waals surface area contributed by atoms with E-state index in [9.17, 15) is 18.0 Å². The Hall–Kier alpha value is -2.30. The predicted octanol–water partition coefficient (Wildman–Crippen LogP) is 1.73. The molecule has 1 atom stereocenters. The smallest absolute Gasteiger partial charge is 0.244 e. The highest BCUT2D eigenvalue weighted by molar-refractivity contribution is 7.89. The topological polar surface area (TPSA) is 131 Å². The fraction of sp³-hybridized carbons (Fsp3) is 0.389. The summed E-state index contributed by atoms with van der Waals surface area (Å²) < 4.78 is 28.0. The molecule has 1 aromatic carbocycles. The van der Waals surface area contributed by atoms with Crippen molar-refractivity contribution in [3.05, 3.63) is 40.4 Å². The fourth-order valence-electron chi connectivity index (χ4n) is 2.42. The number of thiazole rings is 1. The Morgan fingerprint density at radius 3 is 2.46 bits per heavy atom. The molecule has 0 aliphatic carbocycles. The van der Waals surface area contributed by atoms with Crippen molar-refractivity contribution >= 4 is 38.3 Å². The van der Waals surface area contributed by atoms with E-state index >= 15 is 0 Å². The monoisotopic (exact) mass is 424 g/mol. The molecule has 1 aromatic heterocycles. The summed E-state index contributed by atoms with van der Waals surface area (Å²) in [4.78, 5) is 27.8. The minimum atomic E-state index is -3.88. The molecule has 0 aliphatic rings. The molecule has 1 heterocycles. The second-order valence-corrected chi connectivity index (χ2v) is 9.44. The van der Waals surface area contributed by atoms with E-state index in [4.69, 9.17) is 5.73 Å². The van der Waals surface area contributed by atoms with Crippen molar-refractivity contribution in [2.24, 2.45) is 11.7 Å². The first-order chi connectivity index (χ1) is 13.0. The molecular weight excluding hydrogens is 400 g/mol. The molecule has 0 saturated heterocycles. The number of primary amides is 1. The number of nitrogens with zero attached hydrogens (tertiary/aromatic N) is 1. The summed E-state index contributed by atoms with van der Waals surface area (Å²) in [7, 11) is -3.88. The molecular formula is C18H24N4O4S2. The Kier molecular flexibility index (Phi) is 6.91. The number of benzene rings is 1. The third kappa shape index (κ3) is 5.60. The van der Waals surface area contributed by atoms with Gasteiger partial charge in [0.1, 0.15) is 6.04 Å². The zero-order valence-electron chi connectivity index (χ0n) is 16.1. The van der Waals surface area contributed by atoms with E-state index in [2.05, 4.69) is 15.0 Å². The molecule has 0 spiro atoms. The molecule has 2 amide bonds. The van der Waals surface area contributed by atoms with Gasteiger partial charge in [-0.1, -0.05) is 19.9 Å². The largest absolute Gasteiger partial charge is 0.369 e. The standard InChI is InChI=1S/C18H24N4O4S2/c1-10(2)16(17(24)21-18-20-13(9-27-18)8-15(19)23)22-28(25,26)14-6-5-11(3)12(4)7-14/h5-7,9-10,16,22H,8H2,1-4H3,(H2,19,23)(H,20,21,24)/t16-/m1/s1. The number of hydrogen-bond donors (Lipinski definition) is 3. The van der Waals surface area contributed by atoms with E-state index in [0.29, 0.717) is 5.69 Å². The first-order valence-electron chi connectivity index (χ1n) is 8.62. The average molecular weight is 425 g/mol. The van der Waals surface area contributed by atoms with Crippen molar-refractivity contribution in [1.82, 2.24) is 9.71 Å². The van der Waals surface area contributed by atoms with Gasteiger partial charge in [-0.3, -0.25) is 9.59 Å². The molecule has 0 aliphatic heterocycles. The summed E-state index contributed by atoms with van der Waals surface area (Å²) in [5.41, 5.74) is 7.40. The van der Waals surface area contributed by atoms with E-state index in [0.717, 1.165) is 22.5 Å². The molecule has 8 nitrogen and oxygen atoms in total. The number of nitrogens with one attached hydrogen (secondary N) is 2. The third-order valence-electron chi connectivity index (χ3n) is 4.16. The van der Waals surface area contributed by atoms with Crippen LogP contribution in [0.5, 0.6) is 0 Å². The number of sulfonamides is 1. The highest BCUT2D eigenvalue weighted by Crippen LogP contribution is 2.19. The van der Waals surface area contributed by atoms with E-state index in [1.54, 1.807) is 31.4 Å². The zero-order chi connectivity index (χ0) is 21.1. The number of carbonyl (C=O) groups excluding carboxylic acids is 2. The summed E-state index contributed by atoms with van der Waals surface area (Å²) in [5, 5.41) is 4.49. The van der Waals surface area contributed by atoms with Crippen LogP contribution < -0.4 is 15.8 Å². The van der Waals surface area contributed by atoms with Gasteiger partial charge in [0.15, 0.2) is 5.13 Å². The van der Waals surface area contributed by atoms with Gasteiger partial charge in [-0.15, -0.1) is 11.3 Å². The first kappa shape index (κ1) is 22.0. The van der Waals surface area contributed by atoms with Crippen LogP contribution in [0.15, 0.2) is 28.5 Å². The van der Waals surface area contributed by atoms with Crippen molar-refractivity contribution in [3.63, 3.8) is 0 Å². The van der Waals surface area contributed by atoms with Gasteiger partial charge in [-0.2, -0.15) is 4.72 Å². The van der Waals surface area contributed by atoms with Crippen LogP contribution in [0.25, 0.3) is 0 Å². The van der Waals surface area contributed by atoms with Crippen LogP contribution in [0.4, 0.5) is 5.13 Å². The lowest BCUT2D eigenvalue weighted by molar-refractivity contribution is -0.119. The molecule has 0 bridgehead atoms. The molecule has 28 heavy (non-hydrogen) atoms. The van der Waals surface area contributed by atoms with Gasteiger partial charge in [0.2, 0.25) is 21.8 Å². The minimum Gasteiger partial charge on any atom is -0.369 e. The molecule has 0 unspecified atom stereocenters. The molecule has 0 radical (unpaired) electrons. The SMILES string of the molecule is Cc1ccc(S(=O)(=O)N[C@@H](C(=O)Nc2nc(CC(N)=O)cs2)C(C)C)cc1C. The second kappa shape index (κ2) is 8.80. The van der Waals surface area contributed by atoms with Crippen LogP contribution in [0.2, 0.25) is 0 Å². The number of hydrogen-bond acceptors (Lipinski definition) is 6. The maximum atomic E-state index is 12.7. The van der Waals surface area contributed by atoms with Gasteiger partial charge in [0.05, 0.1) is 17.0 Å². The number of rotatable bonds is 8. The second-order valence-electron chi connectivity index (χ2n) is 6.87. The highest BCUT2D eigenvalue weighted by atomic mass is 32.2. The molecule has 0 saturated carbocycles. The number of aromatic nitrogens is 1. The van der Waals surface area contributed by atoms with Crippen LogP contribution in [0.1, 0.15) is 30.7 Å². The van der Waals surface area contributed by atoms with Crippen LogP contribution >= 0.6 is 11.3 Å². The summed E-state index contributed by atoms with van der Waals surface area (Å²) in [6.07, 6.45) is -0.0284. The van der Waals surface area contributed by atoms with Gasteiger partial charge < -0.3 is 11.1 Å². The van der Waals surface area contributed by atoms with Crippen LogP contribution in [-0.2, 0) is 26.0 Å². The molecule has 0 fully saturated rings. The normalized spacial score (nSPS) is 12.8. The Bertz CT molecular complexity index is 983. The van der Waals surface area contributed by atoms with Gasteiger partial charge in [-0.05, 0) is 43.0 Å². The zero-order valence-corrected chi connectivity index (χ0v) is 17.8. The molecule has 152 valence electrons. The number of amides is 2. The van der Waals surface area contributed by atoms with E-state index in [-0.39, 0.29) is 22.4 Å². The van der Waals surface area contributed by atoms with Crippen molar-refractivity contribution < 1.29 is 18.0 Å². The van der Waals surface area contributed by atoms with Crippen molar-refractivity contribution in [2.45, 2.75) is 45.1 Å². The molecule has 4 N–H and O–H groups in total. The first-order valence-corrected chi connectivity index (χ1v) is 11.0. The quantitative estimate of drug-likeness (QED) is 0.594. The maximum Gasteiger partial charge on any atom is 0.244 e. The lowest BCUT2D eigenvalue weighted by atomic mass is 10.1. The van der Waals surface area contributed by atoms with E-state index in [1.807, 2.05) is 13.8 Å². The lowest BCUT2D eigenvalue weighted by Crippen LogP contribution is -2.47. The Balaban J connectivity index is 2.17. The molecule has 10 heteroatoms. The third-order valence-corrected chi connectivity index (χ3v) is 6.40. The van der Waals surface area contributed by atoms with Gasteiger partial charge in [0, 0.05) is 5.38 Å². The summed E-state index contributed by atoms with van der Waals surface area (Å²) in [5.74, 6) is -1.35. The predicted molar refractivity (Wildman–Crippen MR) is 109 cm³/mol. The summed E-state index contributed by atoms with van der Waals surface area (Å²) in [6, 6.07) is 3.82. The van der Waals surface area contributed by atoms with Gasteiger partial charge >= 0.3 is 0 Å². The van der Waals surface area contributed by atoms with Crippen LogP contribution in [0.3, 0.4) is 0 Å². The minimum absolute atomic E-state index is 0.0284. The summed E-state index contributed by atoms with van der Waals surface area (Å²) >= 11 is 1.14. The van der Waals surface area contributed by atoms with Crippen molar-refractivity contribution in [1.29, 1.82) is 0 Å². The Labute approximate surface area is 168 Å². The number of anilines is 1. The Morgan fingerprint density at radius 1 is 1.21 bits per heavy atom. The number of carbonyl (C=O) groups is 2. The van der Waals surface area contributed by atoms with Crippen LogP contribution in [-0.4, -0.2) is 31.3 Å². The van der Waals surface area contributed by atoms with Crippen molar-refractivity contribution in [2.75, 3.05) is 5.32 Å². The highest BCUT2D eigenvalue weighted by Gasteiger charge is 2.29. The Morgan fingerprint density at radius 2 is 1.89 bits per heavy atom. The maximum absolute atomic E-state index is 12.7. The number of aryl methyl sites for hydroxylation is 2. The lowest BCUT2D eigenvalue weighted by Gasteiger charge is -2.21. The van der Waals surface area contributed by atoms with E-state index < -0.39 is 27.9 Å². The van der Waals surface area contributed by atoms with Gasteiger partial charge in [0.25, 0.3) is 0 Å². The average Bonchev–Trinajstić information content (AvgIpc) is 3.00. The fourth-order valence-corrected chi connectivity index (χ4v) is 4.56. The number of nitrogens with two attached hydrogens (primary N) is 1. The van der Waals surface area contributed by atoms with E-state index in [1.165, 1.54) is 6.07 Å². The van der Waals surface area contributed by atoms with Gasteiger partial charge in [-0.25, -0.2) is 13.4 Å². The molecule has 2 aromatic rings. The summed E-state index contributed by atoms with van der Waals surface area (Å²) in [6.45, 7) is 7.21. The molecule has 2 rings (SSSR count). The van der Waals surface area contributed by atoms with Crippen molar-refractivity contribution in [3.8, 4) is 0 Å². The van der Waals surface area contributed by atoms with Crippen LogP contribution in [0, 0.1) is 19.8 Å².